The molecule has 0 radical (unpaired) electrons. The third-order valence-corrected chi connectivity index (χ3v) is 3.97. The van der Waals surface area contributed by atoms with Crippen molar-refractivity contribution >= 4 is 5.95 Å². The van der Waals surface area contributed by atoms with Crippen molar-refractivity contribution in [3.05, 3.63) is 40.7 Å². The molecule has 22 heavy (non-hydrogen) atoms. The molecule has 5 heteroatoms. The zero-order valence-electron chi connectivity index (χ0n) is 13.5. The average Bonchev–Trinajstić information content (AvgIpc) is 2.52. The number of hydrogen-bond acceptors (Lipinski definition) is 5. The molecule has 0 saturated carbocycles. The lowest BCUT2D eigenvalue weighted by Gasteiger charge is -2.30. The fourth-order valence-electron chi connectivity index (χ4n) is 2.90. The van der Waals surface area contributed by atoms with Gasteiger partial charge in [-0.1, -0.05) is 0 Å². The standard InChI is InChI=1S/C17H21N3O2/c1-11-7-12(2)19-17(18-11)20-6-5-13-8-15(21-3)16(22-4)9-14(13)10-20/h7-9H,5-6,10H2,1-4H3. The molecule has 0 unspecified atom stereocenters. The molecule has 1 aliphatic heterocycles. The Hall–Kier alpha value is -2.30. The lowest BCUT2D eigenvalue weighted by Crippen LogP contribution is -2.32. The lowest BCUT2D eigenvalue weighted by molar-refractivity contribution is 0.353. The number of rotatable bonds is 3. The van der Waals surface area contributed by atoms with Crippen LogP contribution in [0.2, 0.25) is 0 Å². The summed E-state index contributed by atoms with van der Waals surface area (Å²) in [5.74, 6) is 2.36. The van der Waals surface area contributed by atoms with Crippen LogP contribution in [0.25, 0.3) is 0 Å². The van der Waals surface area contributed by atoms with Crippen LogP contribution in [0.1, 0.15) is 22.5 Å². The summed E-state index contributed by atoms with van der Waals surface area (Å²) in [6, 6.07) is 6.13. The zero-order valence-corrected chi connectivity index (χ0v) is 13.5. The van der Waals surface area contributed by atoms with Crippen molar-refractivity contribution < 1.29 is 9.47 Å². The summed E-state index contributed by atoms with van der Waals surface area (Å²) < 4.78 is 10.8. The Bertz CT molecular complexity index is 680. The van der Waals surface area contributed by atoms with E-state index in [0.29, 0.717) is 0 Å². The summed E-state index contributed by atoms with van der Waals surface area (Å²) >= 11 is 0. The molecular weight excluding hydrogens is 278 g/mol. The molecule has 2 heterocycles. The lowest BCUT2D eigenvalue weighted by atomic mass is 9.99. The first-order chi connectivity index (χ1) is 10.6. The summed E-state index contributed by atoms with van der Waals surface area (Å²) in [6.07, 6.45) is 0.950. The van der Waals surface area contributed by atoms with E-state index in [1.54, 1.807) is 14.2 Å². The van der Waals surface area contributed by atoms with E-state index in [0.717, 1.165) is 48.3 Å². The van der Waals surface area contributed by atoms with Crippen LogP contribution in [0.3, 0.4) is 0 Å². The van der Waals surface area contributed by atoms with E-state index in [4.69, 9.17) is 9.47 Å². The molecule has 5 nitrogen and oxygen atoms in total. The first kappa shape index (κ1) is 14.6. The fraction of sp³-hybridized carbons (Fsp3) is 0.412. The molecule has 0 spiro atoms. The number of methoxy groups -OCH3 is 2. The normalized spacial score (nSPS) is 13.7. The molecule has 0 aliphatic carbocycles. The Labute approximate surface area is 130 Å². The van der Waals surface area contributed by atoms with E-state index in [9.17, 15) is 0 Å². The number of fused-ring (bicyclic) bond motifs is 1. The van der Waals surface area contributed by atoms with Crippen LogP contribution in [-0.2, 0) is 13.0 Å². The van der Waals surface area contributed by atoms with Crippen LogP contribution in [0.15, 0.2) is 18.2 Å². The van der Waals surface area contributed by atoms with E-state index in [-0.39, 0.29) is 0 Å². The summed E-state index contributed by atoms with van der Waals surface area (Å²) in [4.78, 5) is 11.3. The molecule has 1 aromatic carbocycles. The Morgan fingerprint density at radius 2 is 1.50 bits per heavy atom. The minimum absolute atomic E-state index is 0.768. The molecule has 0 saturated heterocycles. The highest BCUT2D eigenvalue weighted by Crippen LogP contribution is 2.33. The molecule has 3 rings (SSSR count). The maximum Gasteiger partial charge on any atom is 0.226 e. The van der Waals surface area contributed by atoms with Gasteiger partial charge in [-0.05, 0) is 49.6 Å². The van der Waals surface area contributed by atoms with E-state index >= 15 is 0 Å². The maximum atomic E-state index is 5.41. The molecule has 116 valence electrons. The van der Waals surface area contributed by atoms with E-state index < -0.39 is 0 Å². The Balaban J connectivity index is 1.93. The molecule has 0 bridgehead atoms. The maximum absolute atomic E-state index is 5.41. The van der Waals surface area contributed by atoms with E-state index in [1.165, 1.54) is 11.1 Å². The molecule has 0 atom stereocenters. The third-order valence-electron chi connectivity index (χ3n) is 3.97. The van der Waals surface area contributed by atoms with Crippen molar-refractivity contribution in [1.29, 1.82) is 0 Å². The van der Waals surface area contributed by atoms with Crippen LogP contribution < -0.4 is 14.4 Å². The molecule has 1 aliphatic rings. The van der Waals surface area contributed by atoms with Gasteiger partial charge >= 0.3 is 0 Å². The summed E-state index contributed by atoms with van der Waals surface area (Å²) in [7, 11) is 3.33. The first-order valence-corrected chi connectivity index (χ1v) is 7.41. The van der Waals surface area contributed by atoms with Crippen molar-refractivity contribution in [1.82, 2.24) is 9.97 Å². The second-order valence-electron chi connectivity index (χ2n) is 5.60. The minimum Gasteiger partial charge on any atom is -0.493 e. The first-order valence-electron chi connectivity index (χ1n) is 7.41. The van der Waals surface area contributed by atoms with Crippen LogP contribution in [0, 0.1) is 13.8 Å². The van der Waals surface area contributed by atoms with Gasteiger partial charge in [-0.3, -0.25) is 0 Å². The summed E-state index contributed by atoms with van der Waals surface area (Å²) in [6.45, 7) is 5.71. The fourth-order valence-corrected chi connectivity index (χ4v) is 2.90. The van der Waals surface area contributed by atoms with Crippen molar-refractivity contribution in [2.75, 3.05) is 25.7 Å². The molecular formula is C17H21N3O2. The molecule has 2 aromatic rings. The van der Waals surface area contributed by atoms with Gasteiger partial charge in [0.15, 0.2) is 11.5 Å². The highest BCUT2D eigenvalue weighted by Gasteiger charge is 2.21. The van der Waals surface area contributed by atoms with Gasteiger partial charge < -0.3 is 14.4 Å². The number of nitrogens with zero attached hydrogens (tertiary/aromatic N) is 3. The average molecular weight is 299 g/mol. The van der Waals surface area contributed by atoms with Gasteiger partial charge in [0.05, 0.1) is 14.2 Å². The largest absolute Gasteiger partial charge is 0.493 e. The number of aromatic nitrogens is 2. The quantitative estimate of drug-likeness (QED) is 0.872. The van der Waals surface area contributed by atoms with Crippen LogP contribution in [-0.4, -0.2) is 30.7 Å². The third kappa shape index (κ3) is 2.71. The van der Waals surface area contributed by atoms with E-state index in [1.807, 2.05) is 19.9 Å². The Morgan fingerprint density at radius 3 is 2.09 bits per heavy atom. The van der Waals surface area contributed by atoms with Crippen LogP contribution in [0.5, 0.6) is 11.5 Å². The van der Waals surface area contributed by atoms with Gasteiger partial charge in [-0.2, -0.15) is 0 Å². The number of hydrogen-bond donors (Lipinski definition) is 0. The highest BCUT2D eigenvalue weighted by atomic mass is 16.5. The molecule has 1 aromatic heterocycles. The number of aryl methyl sites for hydroxylation is 2. The second kappa shape index (κ2) is 5.83. The molecule has 0 amide bonds. The van der Waals surface area contributed by atoms with Gasteiger partial charge in [0.25, 0.3) is 0 Å². The predicted molar refractivity (Wildman–Crippen MR) is 85.8 cm³/mol. The van der Waals surface area contributed by atoms with Crippen molar-refractivity contribution in [2.45, 2.75) is 26.8 Å². The Morgan fingerprint density at radius 1 is 0.909 bits per heavy atom. The number of benzene rings is 1. The van der Waals surface area contributed by atoms with Crippen molar-refractivity contribution in [2.24, 2.45) is 0 Å². The van der Waals surface area contributed by atoms with Gasteiger partial charge in [0.2, 0.25) is 5.95 Å². The SMILES string of the molecule is COc1cc2c(cc1OC)CN(c1nc(C)cc(C)n1)CC2. The Kier molecular flexibility index (Phi) is 3.88. The van der Waals surface area contributed by atoms with Gasteiger partial charge in [0.1, 0.15) is 0 Å². The van der Waals surface area contributed by atoms with Gasteiger partial charge in [-0.15, -0.1) is 0 Å². The molecule has 0 fully saturated rings. The smallest absolute Gasteiger partial charge is 0.226 e. The van der Waals surface area contributed by atoms with Crippen LogP contribution >= 0.6 is 0 Å². The van der Waals surface area contributed by atoms with Gasteiger partial charge in [0, 0.05) is 24.5 Å². The van der Waals surface area contributed by atoms with E-state index in [2.05, 4.69) is 27.0 Å². The minimum atomic E-state index is 0.768. The number of ether oxygens (including phenoxy) is 2. The highest BCUT2D eigenvalue weighted by molar-refractivity contribution is 5.50. The predicted octanol–water partition coefficient (Wildman–Crippen LogP) is 2.67. The zero-order chi connectivity index (χ0) is 15.7. The molecule has 0 N–H and O–H groups in total. The van der Waals surface area contributed by atoms with Gasteiger partial charge in [-0.25, -0.2) is 9.97 Å². The van der Waals surface area contributed by atoms with Crippen LogP contribution in [0.4, 0.5) is 5.95 Å². The summed E-state index contributed by atoms with van der Waals surface area (Å²) in [5.41, 5.74) is 4.55. The monoisotopic (exact) mass is 299 g/mol. The number of anilines is 1. The second-order valence-corrected chi connectivity index (χ2v) is 5.60. The summed E-state index contributed by atoms with van der Waals surface area (Å²) in [5, 5.41) is 0. The topological polar surface area (TPSA) is 47.5 Å². The van der Waals surface area contributed by atoms with Crippen molar-refractivity contribution in [3.63, 3.8) is 0 Å². The van der Waals surface area contributed by atoms with Crippen molar-refractivity contribution in [3.8, 4) is 11.5 Å².